The molecule has 0 bridgehead atoms. The third-order valence-electron chi connectivity index (χ3n) is 1.77. The molecule has 1 aromatic rings. The maximum absolute atomic E-state index is 5.43. The molecule has 0 N–H and O–H groups in total. The molecule has 1 aromatic heterocycles. The number of nitrogens with zero attached hydrogens (tertiary/aromatic N) is 1. The summed E-state index contributed by atoms with van der Waals surface area (Å²) in [5, 5.41) is 0. The molecule has 3 nitrogen and oxygen atoms in total. The van der Waals surface area contributed by atoms with Crippen molar-refractivity contribution in [1.29, 1.82) is 0 Å². The number of hydrogen-bond acceptors (Lipinski definition) is 4. The van der Waals surface area contributed by atoms with Gasteiger partial charge < -0.3 is 9.47 Å². The van der Waals surface area contributed by atoms with Gasteiger partial charge in [0, 0.05) is 23.8 Å². The van der Waals surface area contributed by atoms with E-state index in [2.05, 4.69) is 11.1 Å². The summed E-state index contributed by atoms with van der Waals surface area (Å²) in [4.78, 5) is 5.38. The van der Waals surface area contributed by atoms with E-state index in [4.69, 9.17) is 9.47 Å². The Hall–Kier alpha value is -0.740. The van der Waals surface area contributed by atoms with E-state index < -0.39 is 0 Å². The number of thioether (sulfide) groups is 1. The second kappa shape index (κ2) is 5.88. The molecular weight excluding hydrogens is 198 g/mol. The fourth-order valence-electron chi connectivity index (χ4n) is 1.02. The van der Waals surface area contributed by atoms with Crippen LogP contribution in [0.15, 0.2) is 17.2 Å². The van der Waals surface area contributed by atoms with E-state index in [0.717, 1.165) is 10.5 Å². The predicted octanol–water partition coefficient (Wildman–Crippen LogP) is 2.14. The molecule has 1 heterocycles. The maximum Gasteiger partial charge on any atom is 0.216 e. The highest BCUT2D eigenvalue weighted by Gasteiger charge is 2.01. The summed E-state index contributed by atoms with van der Waals surface area (Å²) in [7, 11) is 1.65. The minimum Gasteiger partial charge on any atom is -0.475 e. The summed E-state index contributed by atoms with van der Waals surface area (Å²) >= 11 is 1.68. The van der Waals surface area contributed by atoms with Gasteiger partial charge >= 0.3 is 0 Å². The van der Waals surface area contributed by atoms with Crippen LogP contribution in [0.4, 0.5) is 0 Å². The highest BCUT2D eigenvalue weighted by molar-refractivity contribution is 7.98. The molecule has 0 aliphatic carbocycles. The third-order valence-corrected chi connectivity index (χ3v) is 2.46. The number of methoxy groups -OCH3 is 1. The summed E-state index contributed by atoms with van der Waals surface area (Å²) in [5.41, 5.74) is 1.06. The van der Waals surface area contributed by atoms with Gasteiger partial charge in [0.05, 0.1) is 6.61 Å². The Labute approximate surface area is 88.8 Å². The SMILES string of the molecule is COCCOc1ncc(SC)cc1C. The molecule has 0 amide bonds. The van der Waals surface area contributed by atoms with E-state index >= 15 is 0 Å². The zero-order valence-corrected chi connectivity index (χ0v) is 9.56. The summed E-state index contributed by atoms with van der Waals surface area (Å²) in [6.45, 7) is 3.13. The first-order chi connectivity index (χ1) is 6.77. The number of rotatable bonds is 5. The van der Waals surface area contributed by atoms with Gasteiger partial charge in [-0.15, -0.1) is 11.8 Å². The van der Waals surface area contributed by atoms with E-state index in [1.807, 2.05) is 19.4 Å². The monoisotopic (exact) mass is 213 g/mol. The van der Waals surface area contributed by atoms with Crippen LogP contribution in [0.5, 0.6) is 5.88 Å². The Morgan fingerprint density at radius 1 is 1.43 bits per heavy atom. The smallest absolute Gasteiger partial charge is 0.216 e. The van der Waals surface area contributed by atoms with Gasteiger partial charge in [0.25, 0.3) is 0 Å². The summed E-state index contributed by atoms with van der Waals surface area (Å²) < 4.78 is 10.3. The van der Waals surface area contributed by atoms with Crippen molar-refractivity contribution in [2.24, 2.45) is 0 Å². The highest BCUT2D eigenvalue weighted by Crippen LogP contribution is 2.20. The summed E-state index contributed by atoms with van der Waals surface area (Å²) in [6.07, 6.45) is 3.85. The van der Waals surface area contributed by atoms with Gasteiger partial charge in [-0.25, -0.2) is 4.98 Å². The Morgan fingerprint density at radius 2 is 2.21 bits per heavy atom. The zero-order chi connectivity index (χ0) is 10.4. The minimum atomic E-state index is 0.545. The van der Waals surface area contributed by atoms with Gasteiger partial charge in [-0.2, -0.15) is 0 Å². The zero-order valence-electron chi connectivity index (χ0n) is 8.74. The van der Waals surface area contributed by atoms with Crippen molar-refractivity contribution in [3.05, 3.63) is 17.8 Å². The van der Waals surface area contributed by atoms with Gasteiger partial charge in [-0.05, 0) is 19.2 Å². The van der Waals surface area contributed by atoms with Crippen molar-refractivity contribution in [3.8, 4) is 5.88 Å². The molecule has 0 saturated carbocycles. The number of aromatic nitrogens is 1. The van der Waals surface area contributed by atoms with Crippen molar-refractivity contribution >= 4 is 11.8 Å². The second-order valence-electron chi connectivity index (χ2n) is 2.84. The van der Waals surface area contributed by atoms with Gasteiger partial charge in [0.15, 0.2) is 0 Å². The van der Waals surface area contributed by atoms with E-state index in [-0.39, 0.29) is 0 Å². The highest BCUT2D eigenvalue weighted by atomic mass is 32.2. The Balaban J connectivity index is 2.59. The molecular formula is C10H15NO2S. The molecule has 0 unspecified atom stereocenters. The van der Waals surface area contributed by atoms with Crippen LogP contribution in [0.1, 0.15) is 5.56 Å². The van der Waals surface area contributed by atoms with Crippen molar-refractivity contribution < 1.29 is 9.47 Å². The van der Waals surface area contributed by atoms with Crippen LogP contribution in [0.3, 0.4) is 0 Å². The predicted molar refractivity (Wildman–Crippen MR) is 58.1 cm³/mol. The number of hydrogen-bond donors (Lipinski definition) is 0. The topological polar surface area (TPSA) is 31.4 Å². The van der Waals surface area contributed by atoms with Gasteiger partial charge in [0.1, 0.15) is 6.61 Å². The Kier molecular flexibility index (Phi) is 4.76. The lowest BCUT2D eigenvalue weighted by molar-refractivity contribution is 0.143. The number of pyridine rings is 1. The molecule has 0 radical (unpaired) electrons. The Morgan fingerprint density at radius 3 is 2.79 bits per heavy atom. The molecule has 0 aliphatic heterocycles. The average molecular weight is 213 g/mol. The molecule has 0 atom stereocenters. The Bertz CT molecular complexity index is 291. The fourth-order valence-corrected chi connectivity index (χ4v) is 1.47. The van der Waals surface area contributed by atoms with Crippen LogP contribution < -0.4 is 4.74 Å². The quantitative estimate of drug-likeness (QED) is 0.554. The largest absolute Gasteiger partial charge is 0.475 e. The molecule has 78 valence electrons. The molecule has 0 saturated heterocycles. The molecule has 14 heavy (non-hydrogen) atoms. The van der Waals surface area contributed by atoms with Crippen molar-refractivity contribution in [2.45, 2.75) is 11.8 Å². The molecule has 0 spiro atoms. The standard InChI is InChI=1S/C10H15NO2S/c1-8-6-9(14-3)7-11-10(8)13-5-4-12-2/h6-7H,4-5H2,1-3H3. The van der Waals surface area contributed by atoms with Crippen LogP contribution in [0.2, 0.25) is 0 Å². The maximum atomic E-state index is 5.43. The van der Waals surface area contributed by atoms with Crippen molar-refractivity contribution in [3.63, 3.8) is 0 Å². The van der Waals surface area contributed by atoms with E-state index in [1.54, 1.807) is 18.9 Å². The number of ether oxygens (including phenoxy) is 2. The van der Waals surface area contributed by atoms with E-state index in [1.165, 1.54) is 0 Å². The summed E-state index contributed by atoms with van der Waals surface area (Å²) in [5.74, 6) is 0.694. The molecule has 1 rings (SSSR count). The lowest BCUT2D eigenvalue weighted by Gasteiger charge is -2.07. The van der Waals surface area contributed by atoms with E-state index in [9.17, 15) is 0 Å². The van der Waals surface area contributed by atoms with Gasteiger partial charge in [-0.3, -0.25) is 0 Å². The van der Waals surface area contributed by atoms with Crippen molar-refractivity contribution in [2.75, 3.05) is 26.6 Å². The number of aryl methyl sites for hydroxylation is 1. The van der Waals surface area contributed by atoms with Crippen LogP contribution in [-0.2, 0) is 4.74 Å². The van der Waals surface area contributed by atoms with Crippen LogP contribution in [0, 0.1) is 6.92 Å². The van der Waals surface area contributed by atoms with E-state index in [0.29, 0.717) is 19.1 Å². The van der Waals surface area contributed by atoms with Crippen LogP contribution >= 0.6 is 11.8 Å². The van der Waals surface area contributed by atoms with Gasteiger partial charge in [0.2, 0.25) is 5.88 Å². The average Bonchev–Trinajstić information content (AvgIpc) is 2.20. The second-order valence-corrected chi connectivity index (χ2v) is 3.72. The first kappa shape index (κ1) is 11.3. The molecule has 4 heteroatoms. The summed E-state index contributed by atoms with van der Waals surface area (Å²) in [6, 6.07) is 2.07. The molecule has 0 aromatic carbocycles. The minimum absolute atomic E-state index is 0.545. The van der Waals surface area contributed by atoms with Crippen molar-refractivity contribution in [1.82, 2.24) is 4.98 Å². The van der Waals surface area contributed by atoms with Gasteiger partial charge in [-0.1, -0.05) is 0 Å². The first-order valence-electron chi connectivity index (χ1n) is 4.40. The van der Waals surface area contributed by atoms with Crippen LogP contribution in [-0.4, -0.2) is 31.6 Å². The first-order valence-corrected chi connectivity index (χ1v) is 5.62. The normalized spacial score (nSPS) is 10.2. The lowest BCUT2D eigenvalue weighted by Crippen LogP contribution is -2.06. The third kappa shape index (κ3) is 3.20. The molecule has 0 fully saturated rings. The lowest BCUT2D eigenvalue weighted by atomic mass is 10.3. The fraction of sp³-hybridized carbons (Fsp3) is 0.500. The van der Waals surface area contributed by atoms with Crippen LogP contribution in [0.25, 0.3) is 0 Å². The molecule has 0 aliphatic rings.